The second-order valence-corrected chi connectivity index (χ2v) is 6.71. The van der Waals surface area contributed by atoms with E-state index in [-0.39, 0.29) is 17.9 Å². The van der Waals surface area contributed by atoms with Crippen molar-refractivity contribution in [3.05, 3.63) is 71.4 Å². The molecule has 0 saturated carbocycles. The summed E-state index contributed by atoms with van der Waals surface area (Å²) < 4.78 is 27.1. The largest absolute Gasteiger partial charge is 0.361 e. The van der Waals surface area contributed by atoms with Gasteiger partial charge in [-0.2, -0.15) is 0 Å². The minimum atomic E-state index is -0.831. The average molecular weight is 385 g/mol. The summed E-state index contributed by atoms with van der Waals surface area (Å²) in [6, 6.07) is 9.34. The van der Waals surface area contributed by atoms with E-state index >= 15 is 0 Å². The first-order valence-corrected chi connectivity index (χ1v) is 8.92. The predicted octanol–water partition coefficient (Wildman–Crippen LogP) is 3.37. The van der Waals surface area contributed by atoms with E-state index in [9.17, 15) is 18.4 Å². The first kappa shape index (κ1) is 19.5. The van der Waals surface area contributed by atoms with Crippen molar-refractivity contribution < 1.29 is 18.4 Å². The summed E-state index contributed by atoms with van der Waals surface area (Å²) in [4.78, 5) is 27.5. The monoisotopic (exact) mass is 385 g/mol. The molecule has 3 aromatic rings. The van der Waals surface area contributed by atoms with Crippen LogP contribution in [-0.2, 0) is 16.0 Å². The standard InChI is InChI=1S/C21H21F2N3O2/c1-12(16-8-7-15(22)10-18(16)23)25-21(28)20(26-13(2)27)9-14-11-24-19-6-4-3-5-17(14)19/h3-8,10-12,20,24H,9H2,1-2H3,(H,25,28)(H,26,27)/t12?,20-/m0/s1. The summed E-state index contributed by atoms with van der Waals surface area (Å²) in [5.74, 6) is -2.21. The van der Waals surface area contributed by atoms with Gasteiger partial charge in [0.05, 0.1) is 6.04 Å². The van der Waals surface area contributed by atoms with Gasteiger partial charge in [0, 0.05) is 42.1 Å². The zero-order valence-electron chi connectivity index (χ0n) is 15.6. The van der Waals surface area contributed by atoms with Crippen LogP contribution in [0.4, 0.5) is 8.78 Å². The molecule has 1 unspecified atom stereocenters. The number of H-pyrrole nitrogens is 1. The fourth-order valence-corrected chi connectivity index (χ4v) is 3.22. The Morgan fingerprint density at radius 1 is 1.11 bits per heavy atom. The molecule has 3 rings (SSSR count). The van der Waals surface area contributed by atoms with Gasteiger partial charge < -0.3 is 15.6 Å². The average Bonchev–Trinajstić information content (AvgIpc) is 3.03. The molecule has 3 N–H and O–H groups in total. The van der Waals surface area contributed by atoms with Crippen molar-refractivity contribution in [1.82, 2.24) is 15.6 Å². The number of aromatic amines is 1. The van der Waals surface area contributed by atoms with Crippen LogP contribution in [0.25, 0.3) is 10.9 Å². The van der Waals surface area contributed by atoms with E-state index in [0.717, 1.165) is 28.6 Å². The number of para-hydroxylation sites is 1. The van der Waals surface area contributed by atoms with Gasteiger partial charge >= 0.3 is 0 Å². The van der Waals surface area contributed by atoms with Gasteiger partial charge in [-0.25, -0.2) is 8.78 Å². The van der Waals surface area contributed by atoms with Crippen LogP contribution in [0.5, 0.6) is 0 Å². The summed E-state index contributed by atoms with van der Waals surface area (Å²) in [5.41, 5.74) is 1.98. The minimum absolute atomic E-state index is 0.170. The second-order valence-electron chi connectivity index (χ2n) is 6.71. The van der Waals surface area contributed by atoms with E-state index in [1.165, 1.54) is 13.0 Å². The number of benzene rings is 2. The van der Waals surface area contributed by atoms with Crippen molar-refractivity contribution in [3.8, 4) is 0 Å². The van der Waals surface area contributed by atoms with Crippen LogP contribution in [-0.4, -0.2) is 22.8 Å². The van der Waals surface area contributed by atoms with Crippen molar-refractivity contribution in [1.29, 1.82) is 0 Å². The maximum Gasteiger partial charge on any atom is 0.243 e. The number of halogens is 2. The van der Waals surface area contributed by atoms with Crippen molar-refractivity contribution >= 4 is 22.7 Å². The lowest BCUT2D eigenvalue weighted by molar-refractivity contribution is -0.128. The molecule has 0 fully saturated rings. The van der Waals surface area contributed by atoms with Crippen LogP contribution in [0.15, 0.2) is 48.7 Å². The van der Waals surface area contributed by atoms with E-state index in [1.807, 2.05) is 24.3 Å². The van der Waals surface area contributed by atoms with E-state index < -0.39 is 29.6 Å². The summed E-state index contributed by atoms with van der Waals surface area (Å²) in [7, 11) is 0. The van der Waals surface area contributed by atoms with Crippen LogP contribution >= 0.6 is 0 Å². The normalized spacial score (nSPS) is 13.1. The molecule has 1 aromatic heterocycles. The molecule has 0 bridgehead atoms. The highest BCUT2D eigenvalue weighted by Crippen LogP contribution is 2.21. The molecule has 0 spiro atoms. The SMILES string of the molecule is CC(=O)N[C@@H](Cc1c[nH]c2ccccc12)C(=O)NC(C)c1ccc(F)cc1F. The van der Waals surface area contributed by atoms with Crippen molar-refractivity contribution in [2.24, 2.45) is 0 Å². The van der Waals surface area contributed by atoms with E-state index in [2.05, 4.69) is 15.6 Å². The smallest absolute Gasteiger partial charge is 0.243 e. The zero-order valence-corrected chi connectivity index (χ0v) is 15.6. The first-order valence-electron chi connectivity index (χ1n) is 8.92. The van der Waals surface area contributed by atoms with Gasteiger partial charge in [-0.15, -0.1) is 0 Å². The summed E-state index contributed by atoms with van der Waals surface area (Å²) in [6.45, 7) is 2.93. The van der Waals surface area contributed by atoms with Crippen molar-refractivity contribution in [2.45, 2.75) is 32.4 Å². The van der Waals surface area contributed by atoms with Gasteiger partial charge in [-0.3, -0.25) is 9.59 Å². The zero-order chi connectivity index (χ0) is 20.3. The topological polar surface area (TPSA) is 74.0 Å². The lowest BCUT2D eigenvalue weighted by Gasteiger charge is -2.21. The Bertz CT molecular complexity index is 1020. The lowest BCUT2D eigenvalue weighted by Crippen LogP contribution is -2.48. The molecule has 2 amide bonds. The van der Waals surface area contributed by atoms with Gasteiger partial charge in [0.15, 0.2) is 0 Å². The molecule has 146 valence electrons. The second kappa shape index (κ2) is 8.21. The molecule has 0 aliphatic rings. The molecular weight excluding hydrogens is 364 g/mol. The third kappa shape index (κ3) is 4.36. The maximum atomic E-state index is 14.0. The molecular formula is C21H21F2N3O2. The van der Waals surface area contributed by atoms with Crippen molar-refractivity contribution in [2.75, 3.05) is 0 Å². The summed E-state index contributed by atoms with van der Waals surface area (Å²) in [5, 5.41) is 6.30. The highest BCUT2D eigenvalue weighted by atomic mass is 19.1. The highest BCUT2D eigenvalue weighted by molar-refractivity contribution is 5.89. The van der Waals surface area contributed by atoms with Crippen LogP contribution in [0.1, 0.15) is 31.0 Å². The summed E-state index contributed by atoms with van der Waals surface area (Å²) >= 11 is 0. The molecule has 0 saturated heterocycles. The molecule has 0 radical (unpaired) electrons. The third-order valence-corrected chi connectivity index (χ3v) is 4.58. The number of carbonyl (C=O) groups is 2. The van der Waals surface area contributed by atoms with Gasteiger partial charge in [0.25, 0.3) is 0 Å². The molecule has 2 atom stereocenters. The minimum Gasteiger partial charge on any atom is -0.361 e. The van der Waals surface area contributed by atoms with Gasteiger partial charge in [-0.1, -0.05) is 24.3 Å². The quantitative estimate of drug-likeness (QED) is 0.609. The van der Waals surface area contributed by atoms with Gasteiger partial charge in [-0.05, 0) is 24.6 Å². The Morgan fingerprint density at radius 2 is 1.86 bits per heavy atom. The Balaban J connectivity index is 1.78. The Labute approximate surface area is 161 Å². The van der Waals surface area contributed by atoms with Gasteiger partial charge in [0.1, 0.15) is 17.7 Å². The molecule has 0 aliphatic carbocycles. The Kier molecular flexibility index (Phi) is 5.73. The molecule has 5 nitrogen and oxygen atoms in total. The number of hydrogen-bond donors (Lipinski definition) is 3. The first-order chi connectivity index (χ1) is 13.3. The van der Waals surface area contributed by atoms with Crippen LogP contribution in [0.2, 0.25) is 0 Å². The predicted molar refractivity (Wildman–Crippen MR) is 103 cm³/mol. The van der Waals surface area contributed by atoms with E-state index in [0.29, 0.717) is 0 Å². The maximum absolute atomic E-state index is 14.0. The lowest BCUT2D eigenvalue weighted by atomic mass is 10.0. The van der Waals surface area contributed by atoms with E-state index in [1.54, 1.807) is 13.1 Å². The van der Waals surface area contributed by atoms with Gasteiger partial charge in [0.2, 0.25) is 11.8 Å². The van der Waals surface area contributed by atoms with E-state index in [4.69, 9.17) is 0 Å². The highest BCUT2D eigenvalue weighted by Gasteiger charge is 2.24. The third-order valence-electron chi connectivity index (χ3n) is 4.58. The number of carbonyl (C=O) groups excluding carboxylic acids is 2. The molecule has 2 aromatic carbocycles. The van der Waals surface area contributed by atoms with Crippen molar-refractivity contribution in [3.63, 3.8) is 0 Å². The Hall–Kier alpha value is -3.22. The number of amides is 2. The van der Waals surface area contributed by atoms with Crippen LogP contribution in [0, 0.1) is 11.6 Å². The molecule has 7 heteroatoms. The number of fused-ring (bicyclic) bond motifs is 1. The summed E-state index contributed by atoms with van der Waals surface area (Å²) in [6.07, 6.45) is 2.07. The number of nitrogens with one attached hydrogen (secondary N) is 3. The number of rotatable bonds is 6. The molecule has 1 heterocycles. The molecule has 0 aliphatic heterocycles. The fraction of sp³-hybridized carbons (Fsp3) is 0.238. The van der Waals surface area contributed by atoms with Crippen LogP contribution in [0.3, 0.4) is 0 Å². The Morgan fingerprint density at radius 3 is 2.57 bits per heavy atom. The number of aromatic nitrogens is 1. The fourth-order valence-electron chi connectivity index (χ4n) is 3.22. The molecule has 28 heavy (non-hydrogen) atoms. The number of hydrogen-bond acceptors (Lipinski definition) is 2. The van der Waals surface area contributed by atoms with Crippen LogP contribution < -0.4 is 10.6 Å².